The van der Waals surface area contributed by atoms with Gasteiger partial charge in [0.25, 0.3) is 5.91 Å². The van der Waals surface area contributed by atoms with Crippen LogP contribution in [0.4, 0.5) is 0 Å². The van der Waals surface area contributed by atoms with Crippen LogP contribution in [-0.2, 0) is 0 Å². The molecule has 4 nitrogen and oxygen atoms in total. The van der Waals surface area contributed by atoms with Gasteiger partial charge in [0.2, 0.25) is 0 Å². The van der Waals surface area contributed by atoms with Crippen molar-refractivity contribution in [2.24, 2.45) is 0 Å². The molecular formula is C12H9NO3. The summed E-state index contributed by atoms with van der Waals surface area (Å²) in [5, 5.41) is 8.88. The van der Waals surface area contributed by atoms with Gasteiger partial charge in [0.15, 0.2) is 0 Å². The van der Waals surface area contributed by atoms with E-state index < -0.39 is 5.97 Å². The molecule has 0 radical (unpaired) electrons. The number of aromatic carboxylic acids is 1. The summed E-state index contributed by atoms with van der Waals surface area (Å²) < 4.78 is 1.12. The van der Waals surface area contributed by atoms with Gasteiger partial charge in [0.1, 0.15) is 5.69 Å². The molecule has 2 aromatic rings. The van der Waals surface area contributed by atoms with Gasteiger partial charge in [-0.1, -0.05) is 18.2 Å². The van der Waals surface area contributed by atoms with Crippen LogP contribution in [0.1, 0.15) is 20.8 Å². The van der Waals surface area contributed by atoms with Crippen LogP contribution >= 0.6 is 0 Å². The Balaban J connectivity index is 2.42. The number of rotatable bonds is 2. The lowest BCUT2D eigenvalue weighted by Gasteiger charge is -2.04. The van der Waals surface area contributed by atoms with Crippen molar-refractivity contribution < 1.29 is 14.7 Å². The maximum Gasteiger partial charge on any atom is 0.352 e. The van der Waals surface area contributed by atoms with Gasteiger partial charge >= 0.3 is 5.97 Å². The first-order chi connectivity index (χ1) is 7.70. The number of carbonyl (C=O) groups is 2. The highest BCUT2D eigenvalue weighted by atomic mass is 16.4. The minimum atomic E-state index is -1.12. The number of carboxylic acids is 1. The Kier molecular flexibility index (Phi) is 2.55. The summed E-state index contributed by atoms with van der Waals surface area (Å²) in [7, 11) is 0. The number of hydrogen-bond acceptors (Lipinski definition) is 2. The molecule has 0 aliphatic heterocycles. The van der Waals surface area contributed by atoms with E-state index in [1.54, 1.807) is 30.3 Å². The largest absolute Gasteiger partial charge is 0.477 e. The zero-order valence-electron chi connectivity index (χ0n) is 8.33. The van der Waals surface area contributed by atoms with Crippen molar-refractivity contribution in [1.29, 1.82) is 0 Å². The third-order valence-corrected chi connectivity index (χ3v) is 2.21. The second kappa shape index (κ2) is 4.02. The monoisotopic (exact) mass is 215 g/mol. The van der Waals surface area contributed by atoms with Crippen LogP contribution in [0.3, 0.4) is 0 Å². The summed E-state index contributed by atoms with van der Waals surface area (Å²) in [6.45, 7) is 0. The summed E-state index contributed by atoms with van der Waals surface area (Å²) in [6, 6.07) is 11.5. The molecule has 2 rings (SSSR count). The van der Waals surface area contributed by atoms with Gasteiger partial charge < -0.3 is 5.11 Å². The smallest absolute Gasteiger partial charge is 0.352 e. The van der Waals surface area contributed by atoms with E-state index in [1.807, 2.05) is 0 Å². The Morgan fingerprint density at radius 2 is 1.69 bits per heavy atom. The summed E-state index contributed by atoms with van der Waals surface area (Å²) in [6.07, 6.45) is 1.44. The maximum absolute atomic E-state index is 11.9. The minimum Gasteiger partial charge on any atom is -0.477 e. The first kappa shape index (κ1) is 10.2. The van der Waals surface area contributed by atoms with Gasteiger partial charge in [0.05, 0.1) is 0 Å². The molecule has 0 bridgehead atoms. The molecule has 0 unspecified atom stereocenters. The highest BCUT2D eigenvalue weighted by Crippen LogP contribution is 2.07. The first-order valence-electron chi connectivity index (χ1n) is 4.70. The average Bonchev–Trinajstić information content (AvgIpc) is 2.78. The Labute approximate surface area is 91.8 Å². The molecule has 0 amide bonds. The normalized spacial score (nSPS) is 10.0. The number of hydrogen-bond donors (Lipinski definition) is 1. The van der Waals surface area contributed by atoms with E-state index in [9.17, 15) is 9.59 Å². The molecule has 0 atom stereocenters. The Bertz CT molecular complexity index is 528. The molecule has 0 spiro atoms. The SMILES string of the molecule is O=C(O)c1cccn1C(=O)c1ccccc1. The molecule has 0 aliphatic rings. The Morgan fingerprint density at radius 1 is 1.00 bits per heavy atom. The lowest BCUT2D eigenvalue weighted by Crippen LogP contribution is -2.16. The summed E-state index contributed by atoms with van der Waals surface area (Å²) in [5.41, 5.74) is 0.426. The molecule has 0 fully saturated rings. The van der Waals surface area contributed by atoms with Gasteiger partial charge in [-0.15, -0.1) is 0 Å². The van der Waals surface area contributed by atoms with Crippen LogP contribution in [0.15, 0.2) is 48.7 Å². The number of benzene rings is 1. The van der Waals surface area contributed by atoms with Gasteiger partial charge in [0, 0.05) is 11.8 Å². The maximum atomic E-state index is 11.9. The van der Waals surface area contributed by atoms with Crippen LogP contribution in [0.2, 0.25) is 0 Å². The van der Waals surface area contributed by atoms with Crippen LogP contribution in [0, 0.1) is 0 Å². The molecule has 0 aliphatic carbocycles. The number of carboxylic acid groups (broad SMARTS) is 1. The molecule has 1 N–H and O–H groups in total. The van der Waals surface area contributed by atoms with Crippen molar-refractivity contribution >= 4 is 11.9 Å². The molecule has 4 heteroatoms. The molecule has 1 heterocycles. The predicted molar refractivity (Wildman–Crippen MR) is 57.6 cm³/mol. The van der Waals surface area contributed by atoms with Crippen LogP contribution in [0.5, 0.6) is 0 Å². The number of nitrogens with zero attached hydrogens (tertiary/aromatic N) is 1. The van der Waals surface area contributed by atoms with Crippen LogP contribution < -0.4 is 0 Å². The second-order valence-electron chi connectivity index (χ2n) is 3.24. The van der Waals surface area contributed by atoms with Gasteiger partial charge in [-0.05, 0) is 24.3 Å². The first-order valence-corrected chi connectivity index (χ1v) is 4.70. The predicted octanol–water partition coefficient (Wildman–Crippen LogP) is 1.87. The number of aromatic nitrogens is 1. The van der Waals surface area contributed by atoms with E-state index >= 15 is 0 Å². The van der Waals surface area contributed by atoms with Crippen LogP contribution in [-0.4, -0.2) is 21.6 Å². The summed E-state index contributed by atoms with van der Waals surface area (Å²) in [4.78, 5) is 22.8. The third-order valence-electron chi connectivity index (χ3n) is 2.21. The fourth-order valence-electron chi connectivity index (χ4n) is 1.45. The van der Waals surface area contributed by atoms with Gasteiger partial charge in [-0.2, -0.15) is 0 Å². The molecule has 1 aromatic carbocycles. The summed E-state index contributed by atoms with van der Waals surface area (Å²) >= 11 is 0. The Morgan fingerprint density at radius 3 is 2.31 bits per heavy atom. The van der Waals surface area contributed by atoms with Crippen molar-refractivity contribution in [3.63, 3.8) is 0 Å². The quantitative estimate of drug-likeness (QED) is 0.831. The standard InChI is InChI=1S/C12H9NO3/c14-11(9-5-2-1-3-6-9)13-8-4-7-10(13)12(15)16/h1-8H,(H,15,16). The Hall–Kier alpha value is -2.36. The topological polar surface area (TPSA) is 59.3 Å². The van der Waals surface area contributed by atoms with E-state index in [0.29, 0.717) is 5.56 Å². The highest BCUT2D eigenvalue weighted by Gasteiger charge is 2.15. The van der Waals surface area contributed by atoms with Crippen molar-refractivity contribution in [3.05, 3.63) is 59.9 Å². The molecular weight excluding hydrogens is 206 g/mol. The van der Waals surface area contributed by atoms with E-state index in [0.717, 1.165) is 4.57 Å². The van der Waals surface area contributed by atoms with Crippen molar-refractivity contribution in [3.8, 4) is 0 Å². The fraction of sp³-hybridized carbons (Fsp3) is 0. The summed E-state index contributed by atoms with van der Waals surface area (Å²) in [5.74, 6) is -1.46. The molecule has 1 aromatic heterocycles. The fourth-order valence-corrected chi connectivity index (χ4v) is 1.45. The molecule has 0 saturated heterocycles. The number of carbonyl (C=O) groups excluding carboxylic acids is 1. The third kappa shape index (κ3) is 1.72. The lowest BCUT2D eigenvalue weighted by molar-refractivity contribution is 0.0676. The van der Waals surface area contributed by atoms with E-state index in [2.05, 4.69) is 0 Å². The van der Waals surface area contributed by atoms with Gasteiger partial charge in [-0.3, -0.25) is 9.36 Å². The molecule has 16 heavy (non-hydrogen) atoms. The lowest BCUT2D eigenvalue weighted by atomic mass is 10.2. The minimum absolute atomic E-state index is 0.0335. The second-order valence-corrected chi connectivity index (χ2v) is 3.24. The molecule has 80 valence electrons. The van der Waals surface area contributed by atoms with E-state index in [-0.39, 0.29) is 11.6 Å². The zero-order chi connectivity index (χ0) is 11.5. The van der Waals surface area contributed by atoms with Crippen molar-refractivity contribution in [2.45, 2.75) is 0 Å². The van der Waals surface area contributed by atoms with Gasteiger partial charge in [-0.25, -0.2) is 4.79 Å². The van der Waals surface area contributed by atoms with Crippen molar-refractivity contribution in [1.82, 2.24) is 4.57 Å². The molecule has 0 saturated carbocycles. The van der Waals surface area contributed by atoms with Crippen molar-refractivity contribution in [2.75, 3.05) is 0 Å². The highest BCUT2D eigenvalue weighted by molar-refractivity contribution is 6.00. The average molecular weight is 215 g/mol. The van der Waals surface area contributed by atoms with E-state index in [4.69, 9.17) is 5.11 Å². The zero-order valence-corrected chi connectivity index (χ0v) is 8.33. The van der Waals surface area contributed by atoms with Crippen LogP contribution in [0.25, 0.3) is 0 Å². The van der Waals surface area contributed by atoms with E-state index in [1.165, 1.54) is 18.3 Å².